The molecule has 1 aromatic heterocycles. The summed E-state index contributed by atoms with van der Waals surface area (Å²) < 4.78 is 0. The summed E-state index contributed by atoms with van der Waals surface area (Å²) in [5.74, 6) is -0.418. The lowest BCUT2D eigenvalue weighted by atomic mass is 10.1. The van der Waals surface area contributed by atoms with Crippen molar-refractivity contribution in [3.8, 4) is 0 Å². The Morgan fingerprint density at radius 2 is 2.32 bits per heavy atom. The zero-order valence-electron chi connectivity index (χ0n) is 10.7. The molecule has 1 fully saturated rings. The van der Waals surface area contributed by atoms with E-state index in [-0.39, 0.29) is 23.5 Å². The van der Waals surface area contributed by atoms with Crippen molar-refractivity contribution >= 4 is 11.7 Å². The van der Waals surface area contributed by atoms with Crippen molar-refractivity contribution in [3.63, 3.8) is 0 Å². The van der Waals surface area contributed by atoms with Crippen molar-refractivity contribution in [3.05, 3.63) is 27.9 Å². The molecule has 0 saturated carbocycles. The van der Waals surface area contributed by atoms with Gasteiger partial charge >= 0.3 is 5.82 Å². The second kappa shape index (κ2) is 5.37. The summed E-state index contributed by atoms with van der Waals surface area (Å²) in [6.45, 7) is 2.43. The molecule has 8 heteroatoms. The van der Waals surface area contributed by atoms with Crippen LogP contribution in [0.25, 0.3) is 0 Å². The van der Waals surface area contributed by atoms with Gasteiger partial charge in [0.1, 0.15) is 0 Å². The molecule has 0 bridgehead atoms. The number of piperazine rings is 1. The number of aromatic amines is 1. The van der Waals surface area contributed by atoms with Crippen LogP contribution >= 0.6 is 0 Å². The van der Waals surface area contributed by atoms with E-state index in [4.69, 9.17) is 5.73 Å². The Morgan fingerprint density at radius 3 is 2.89 bits per heavy atom. The third-order valence-electron chi connectivity index (χ3n) is 3.32. The van der Waals surface area contributed by atoms with Crippen LogP contribution < -0.4 is 5.73 Å². The average Bonchev–Trinajstić information content (AvgIpc) is 2.87. The molecule has 1 aliphatic rings. The lowest BCUT2D eigenvalue weighted by Crippen LogP contribution is -2.56. The molecular weight excluding hydrogens is 250 g/mol. The van der Waals surface area contributed by atoms with Gasteiger partial charge in [-0.3, -0.25) is 4.79 Å². The Bertz CT molecular complexity index is 486. The highest BCUT2D eigenvalue weighted by Crippen LogP contribution is 2.15. The van der Waals surface area contributed by atoms with Gasteiger partial charge in [-0.05, 0) is 18.0 Å². The number of likely N-dealkylation sites (N-methyl/N-ethyl adjacent to an activating group) is 1. The maximum Gasteiger partial charge on any atom is 0.321 e. The second-order valence-electron chi connectivity index (χ2n) is 4.66. The second-order valence-corrected chi connectivity index (χ2v) is 4.66. The number of rotatable bonds is 3. The fraction of sp³-hybridized carbons (Fsp3) is 0.545. The van der Waals surface area contributed by atoms with Crippen LogP contribution in [-0.2, 0) is 0 Å². The van der Waals surface area contributed by atoms with Gasteiger partial charge in [-0.15, -0.1) is 0 Å². The number of hydrogen-bond donors (Lipinski definition) is 2. The van der Waals surface area contributed by atoms with Crippen molar-refractivity contribution < 1.29 is 9.72 Å². The molecule has 8 nitrogen and oxygen atoms in total. The molecule has 104 valence electrons. The molecule has 0 aromatic carbocycles. The molecule has 0 spiro atoms. The minimum absolute atomic E-state index is 0.0615. The lowest BCUT2D eigenvalue weighted by Gasteiger charge is -2.38. The first-order chi connectivity index (χ1) is 9.02. The van der Waals surface area contributed by atoms with Gasteiger partial charge in [-0.25, -0.2) is 4.98 Å². The van der Waals surface area contributed by atoms with Crippen LogP contribution in [0.1, 0.15) is 10.5 Å². The van der Waals surface area contributed by atoms with E-state index in [2.05, 4.69) is 9.88 Å². The Morgan fingerprint density at radius 1 is 1.58 bits per heavy atom. The average molecular weight is 267 g/mol. The summed E-state index contributed by atoms with van der Waals surface area (Å²) in [4.78, 5) is 28.7. The number of hydrogen-bond acceptors (Lipinski definition) is 5. The van der Waals surface area contributed by atoms with Crippen LogP contribution in [0.5, 0.6) is 0 Å². The van der Waals surface area contributed by atoms with Crippen LogP contribution in [0.2, 0.25) is 0 Å². The van der Waals surface area contributed by atoms with Crippen molar-refractivity contribution in [1.29, 1.82) is 0 Å². The fourth-order valence-electron chi connectivity index (χ4n) is 2.25. The van der Waals surface area contributed by atoms with Crippen LogP contribution in [0.15, 0.2) is 12.1 Å². The highest BCUT2D eigenvalue weighted by Gasteiger charge is 2.31. The molecule has 19 heavy (non-hydrogen) atoms. The van der Waals surface area contributed by atoms with Gasteiger partial charge in [-0.2, -0.15) is 0 Å². The minimum Gasteiger partial charge on any atom is -0.358 e. The Labute approximate surface area is 110 Å². The molecule has 1 aromatic rings. The summed E-state index contributed by atoms with van der Waals surface area (Å²) in [6.07, 6.45) is 0. The van der Waals surface area contributed by atoms with Gasteiger partial charge in [0, 0.05) is 32.2 Å². The molecule has 1 aliphatic heterocycles. The summed E-state index contributed by atoms with van der Waals surface area (Å²) in [7, 11) is 1.98. The highest BCUT2D eigenvalue weighted by atomic mass is 16.6. The van der Waals surface area contributed by atoms with Crippen molar-refractivity contribution in [2.45, 2.75) is 6.04 Å². The smallest absolute Gasteiger partial charge is 0.321 e. The largest absolute Gasteiger partial charge is 0.358 e. The van der Waals surface area contributed by atoms with Gasteiger partial charge in [-0.1, -0.05) is 0 Å². The minimum atomic E-state index is -0.554. The van der Waals surface area contributed by atoms with Gasteiger partial charge in [0.15, 0.2) is 5.69 Å². The number of H-pyrrole nitrogens is 1. The first-order valence-electron chi connectivity index (χ1n) is 6.06. The molecule has 0 aliphatic carbocycles. The Balaban J connectivity index is 2.15. The molecule has 1 amide bonds. The van der Waals surface area contributed by atoms with E-state index in [0.717, 1.165) is 6.54 Å². The predicted octanol–water partition coefficient (Wildman–Crippen LogP) is -0.362. The van der Waals surface area contributed by atoms with E-state index in [1.54, 1.807) is 4.90 Å². The zero-order chi connectivity index (χ0) is 14.0. The van der Waals surface area contributed by atoms with Crippen molar-refractivity contribution in [2.75, 3.05) is 33.2 Å². The van der Waals surface area contributed by atoms with Crippen LogP contribution in [0.3, 0.4) is 0 Å². The predicted molar refractivity (Wildman–Crippen MR) is 68.8 cm³/mol. The van der Waals surface area contributed by atoms with E-state index in [0.29, 0.717) is 19.6 Å². The number of nitrogens with zero attached hydrogens (tertiary/aromatic N) is 3. The number of carbonyl (C=O) groups excluding carboxylic acids is 1. The van der Waals surface area contributed by atoms with Crippen LogP contribution in [0, 0.1) is 10.1 Å². The van der Waals surface area contributed by atoms with E-state index >= 15 is 0 Å². The van der Waals surface area contributed by atoms with Crippen LogP contribution in [-0.4, -0.2) is 64.9 Å². The fourth-order valence-corrected chi connectivity index (χ4v) is 2.25. The number of nitro groups is 1. The molecule has 1 atom stereocenters. The number of aromatic nitrogens is 1. The highest BCUT2D eigenvalue weighted by molar-refractivity contribution is 5.93. The Kier molecular flexibility index (Phi) is 3.82. The first-order valence-corrected chi connectivity index (χ1v) is 6.06. The molecule has 1 saturated heterocycles. The monoisotopic (exact) mass is 267 g/mol. The van der Waals surface area contributed by atoms with E-state index in [9.17, 15) is 14.9 Å². The summed E-state index contributed by atoms with van der Waals surface area (Å²) in [6, 6.07) is 2.67. The maximum absolute atomic E-state index is 12.3. The molecule has 2 rings (SSSR count). The SMILES string of the molecule is CN1CCN(C(=O)c2ccc([N+](=O)[O-])[nH]2)C(CN)C1. The van der Waals surface area contributed by atoms with E-state index in [1.807, 2.05) is 7.05 Å². The molecule has 0 radical (unpaired) electrons. The maximum atomic E-state index is 12.3. The molecular formula is C11H17N5O3. The molecule has 3 N–H and O–H groups in total. The van der Waals surface area contributed by atoms with Gasteiger partial charge in [0.05, 0.1) is 6.04 Å². The lowest BCUT2D eigenvalue weighted by molar-refractivity contribution is -0.389. The van der Waals surface area contributed by atoms with Gasteiger partial charge < -0.3 is 25.6 Å². The third kappa shape index (κ3) is 2.74. The number of nitrogens with one attached hydrogen (secondary N) is 1. The van der Waals surface area contributed by atoms with Gasteiger partial charge in [0.2, 0.25) is 0 Å². The number of nitrogens with two attached hydrogens (primary N) is 1. The molecule has 2 heterocycles. The topological polar surface area (TPSA) is 108 Å². The van der Waals surface area contributed by atoms with E-state index in [1.165, 1.54) is 12.1 Å². The zero-order valence-corrected chi connectivity index (χ0v) is 10.7. The van der Waals surface area contributed by atoms with Crippen molar-refractivity contribution in [1.82, 2.24) is 14.8 Å². The normalized spacial score (nSPS) is 20.5. The van der Waals surface area contributed by atoms with E-state index < -0.39 is 4.92 Å². The summed E-state index contributed by atoms with van der Waals surface area (Å²) >= 11 is 0. The van der Waals surface area contributed by atoms with Crippen LogP contribution in [0.4, 0.5) is 5.82 Å². The first kappa shape index (κ1) is 13.5. The van der Waals surface area contributed by atoms with Crippen molar-refractivity contribution in [2.24, 2.45) is 5.73 Å². The Hall–Kier alpha value is -1.93. The molecule has 1 unspecified atom stereocenters. The quantitative estimate of drug-likeness (QED) is 0.574. The number of amides is 1. The summed E-state index contributed by atoms with van der Waals surface area (Å²) in [5.41, 5.74) is 5.92. The summed E-state index contributed by atoms with van der Waals surface area (Å²) in [5, 5.41) is 10.6. The standard InChI is InChI=1S/C11H17N5O3/c1-14-4-5-15(8(6-12)7-14)11(17)9-2-3-10(13-9)16(18)19/h2-3,8,13H,4-7,12H2,1H3. The number of carbonyl (C=O) groups is 1. The van der Waals surface area contributed by atoms with Gasteiger partial charge in [0.25, 0.3) is 5.91 Å². The third-order valence-corrected chi connectivity index (χ3v) is 3.32.